The summed E-state index contributed by atoms with van der Waals surface area (Å²) in [4.78, 5) is 20.9. The molecule has 0 saturated carbocycles. The Morgan fingerprint density at radius 1 is 1.16 bits per heavy atom. The van der Waals surface area contributed by atoms with Crippen molar-refractivity contribution in [1.82, 2.24) is 19.7 Å². The zero-order chi connectivity index (χ0) is 21.1. The van der Waals surface area contributed by atoms with Gasteiger partial charge in [0.2, 0.25) is 0 Å². The fourth-order valence-corrected chi connectivity index (χ4v) is 3.31. The lowest BCUT2D eigenvalue weighted by Crippen LogP contribution is -2.23. The third kappa shape index (κ3) is 4.51. The fraction of sp³-hybridized carbons (Fsp3) is 0.174. The van der Waals surface area contributed by atoms with E-state index in [4.69, 9.17) is 4.74 Å². The van der Waals surface area contributed by atoms with Gasteiger partial charge in [-0.3, -0.25) is 14.2 Å². The molecular weight excluding hydrogens is 419 g/mol. The Hall–Kier alpha value is -3.45. The lowest BCUT2D eigenvalue weighted by Gasteiger charge is -2.09. The molecule has 0 radical (unpaired) electrons. The van der Waals surface area contributed by atoms with E-state index in [0.717, 1.165) is 17.0 Å². The van der Waals surface area contributed by atoms with Gasteiger partial charge < -0.3 is 10.1 Å². The van der Waals surface area contributed by atoms with Gasteiger partial charge in [0.15, 0.2) is 11.4 Å². The normalized spacial score (nSPS) is 10.5. The van der Waals surface area contributed by atoms with Crippen molar-refractivity contribution < 1.29 is 13.9 Å². The zero-order valence-corrected chi connectivity index (χ0v) is 17.9. The Balaban J connectivity index is 0.00000272. The summed E-state index contributed by atoms with van der Waals surface area (Å²) in [5.41, 5.74) is 3.96. The molecule has 4 aromatic rings. The Labute approximate surface area is 185 Å². The smallest absolute Gasteiger partial charge is 0.269 e. The summed E-state index contributed by atoms with van der Waals surface area (Å²) in [5.74, 6) is 0.0488. The molecule has 0 aliphatic carbocycles. The molecule has 0 aliphatic rings. The van der Waals surface area contributed by atoms with Crippen LogP contribution in [0.4, 0.5) is 4.39 Å². The molecule has 0 aliphatic heterocycles. The highest BCUT2D eigenvalue weighted by Gasteiger charge is 2.16. The van der Waals surface area contributed by atoms with E-state index in [0.29, 0.717) is 29.2 Å². The summed E-state index contributed by atoms with van der Waals surface area (Å²) >= 11 is 0. The Kier molecular flexibility index (Phi) is 6.87. The number of carbonyl (C=O) groups is 1. The SMILES string of the molecule is CCNC(=O)c1ccc(-c2c(C)nc3c(OCc4ccccc4F)cccn23)cn1.Cl. The van der Waals surface area contributed by atoms with Crippen LogP contribution in [0.5, 0.6) is 5.75 Å². The molecule has 3 aromatic heterocycles. The number of halogens is 2. The second kappa shape index (κ2) is 9.57. The van der Waals surface area contributed by atoms with Crippen molar-refractivity contribution in [3.63, 3.8) is 0 Å². The molecule has 0 bridgehead atoms. The van der Waals surface area contributed by atoms with Crippen LogP contribution in [0.3, 0.4) is 0 Å². The molecule has 0 saturated heterocycles. The molecule has 4 rings (SSSR count). The van der Waals surface area contributed by atoms with Crippen molar-refractivity contribution in [3.05, 3.63) is 83.7 Å². The Bertz CT molecular complexity index is 1210. The molecule has 1 aromatic carbocycles. The molecule has 0 unspecified atom stereocenters. The van der Waals surface area contributed by atoms with Crippen LogP contribution in [0.1, 0.15) is 28.7 Å². The molecule has 31 heavy (non-hydrogen) atoms. The highest BCUT2D eigenvalue weighted by atomic mass is 35.5. The van der Waals surface area contributed by atoms with Crippen LogP contribution < -0.4 is 10.1 Å². The van der Waals surface area contributed by atoms with E-state index in [2.05, 4.69) is 15.3 Å². The number of hydrogen-bond acceptors (Lipinski definition) is 4. The molecule has 6 nitrogen and oxygen atoms in total. The molecule has 1 amide bonds. The number of imidazole rings is 1. The first-order valence-corrected chi connectivity index (χ1v) is 9.67. The molecule has 0 fully saturated rings. The summed E-state index contributed by atoms with van der Waals surface area (Å²) in [7, 11) is 0. The van der Waals surface area contributed by atoms with Crippen LogP contribution in [0.25, 0.3) is 16.9 Å². The second-order valence-corrected chi connectivity index (χ2v) is 6.78. The van der Waals surface area contributed by atoms with Crippen molar-refractivity contribution >= 4 is 24.0 Å². The number of amides is 1. The van der Waals surface area contributed by atoms with Gasteiger partial charge in [0.25, 0.3) is 5.91 Å². The average molecular weight is 441 g/mol. The van der Waals surface area contributed by atoms with Gasteiger partial charge in [-0.25, -0.2) is 9.37 Å². The molecule has 0 spiro atoms. The van der Waals surface area contributed by atoms with Gasteiger partial charge in [-0.1, -0.05) is 18.2 Å². The van der Waals surface area contributed by atoms with Crippen molar-refractivity contribution in [2.75, 3.05) is 6.54 Å². The monoisotopic (exact) mass is 440 g/mol. The second-order valence-electron chi connectivity index (χ2n) is 6.78. The van der Waals surface area contributed by atoms with Gasteiger partial charge in [0.1, 0.15) is 18.1 Å². The van der Waals surface area contributed by atoms with Gasteiger partial charge in [-0.15, -0.1) is 12.4 Å². The van der Waals surface area contributed by atoms with Crippen molar-refractivity contribution in [3.8, 4) is 17.0 Å². The Morgan fingerprint density at radius 2 is 1.97 bits per heavy atom. The van der Waals surface area contributed by atoms with Crippen LogP contribution in [0, 0.1) is 12.7 Å². The maximum absolute atomic E-state index is 13.9. The van der Waals surface area contributed by atoms with Crippen molar-refractivity contribution in [1.29, 1.82) is 0 Å². The predicted octanol–water partition coefficient (Wildman–Crippen LogP) is 4.59. The third-order valence-electron chi connectivity index (χ3n) is 4.74. The van der Waals surface area contributed by atoms with Gasteiger partial charge in [-0.2, -0.15) is 0 Å². The first-order chi connectivity index (χ1) is 14.6. The molecular formula is C23H22ClFN4O2. The minimum atomic E-state index is -0.303. The highest BCUT2D eigenvalue weighted by molar-refractivity contribution is 5.92. The van der Waals surface area contributed by atoms with Crippen LogP contribution in [-0.4, -0.2) is 26.8 Å². The van der Waals surface area contributed by atoms with Crippen LogP contribution in [0.15, 0.2) is 60.9 Å². The molecule has 3 heterocycles. The number of hydrogen-bond donors (Lipinski definition) is 1. The lowest BCUT2D eigenvalue weighted by atomic mass is 10.1. The number of fused-ring (bicyclic) bond motifs is 1. The molecule has 8 heteroatoms. The summed E-state index contributed by atoms with van der Waals surface area (Å²) in [5, 5.41) is 2.73. The Morgan fingerprint density at radius 3 is 2.68 bits per heavy atom. The van der Waals surface area contributed by atoms with Crippen LogP contribution in [-0.2, 0) is 6.61 Å². The van der Waals surface area contributed by atoms with Gasteiger partial charge >= 0.3 is 0 Å². The molecule has 0 atom stereocenters. The van der Waals surface area contributed by atoms with Crippen molar-refractivity contribution in [2.24, 2.45) is 0 Å². The van der Waals surface area contributed by atoms with Gasteiger partial charge in [-0.05, 0) is 44.2 Å². The summed E-state index contributed by atoms with van der Waals surface area (Å²) in [6.07, 6.45) is 3.55. The summed E-state index contributed by atoms with van der Waals surface area (Å²) in [6, 6.07) is 13.7. The number of benzene rings is 1. The van der Waals surface area contributed by atoms with Crippen LogP contribution >= 0.6 is 12.4 Å². The summed E-state index contributed by atoms with van der Waals surface area (Å²) in [6.45, 7) is 4.42. The molecule has 160 valence electrons. The number of aryl methyl sites for hydroxylation is 1. The highest BCUT2D eigenvalue weighted by Crippen LogP contribution is 2.29. The van der Waals surface area contributed by atoms with E-state index in [1.165, 1.54) is 6.07 Å². The number of ether oxygens (including phenoxy) is 1. The number of nitrogens with one attached hydrogen (secondary N) is 1. The average Bonchev–Trinajstić information content (AvgIpc) is 3.10. The van der Waals surface area contributed by atoms with E-state index in [1.54, 1.807) is 30.5 Å². The van der Waals surface area contributed by atoms with E-state index < -0.39 is 0 Å². The first kappa shape index (κ1) is 22.2. The zero-order valence-electron chi connectivity index (χ0n) is 17.1. The van der Waals surface area contributed by atoms with Crippen LogP contribution in [0.2, 0.25) is 0 Å². The number of rotatable bonds is 6. The number of aromatic nitrogens is 3. The van der Waals surface area contributed by atoms with Gasteiger partial charge in [0.05, 0.1) is 11.4 Å². The van der Waals surface area contributed by atoms with E-state index >= 15 is 0 Å². The van der Waals surface area contributed by atoms with E-state index in [9.17, 15) is 9.18 Å². The number of nitrogens with zero attached hydrogens (tertiary/aromatic N) is 3. The quantitative estimate of drug-likeness (QED) is 0.476. The largest absolute Gasteiger partial charge is 0.485 e. The number of carbonyl (C=O) groups excluding carboxylic acids is 1. The number of pyridine rings is 2. The predicted molar refractivity (Wildman–Crippen MR) is 119 cm³/mol. The maximum atomic E-state index is 13.9. The lowest BCUT2D eigenvalue weighted by molar-refractivity contribution is 0.0951. The van der Waals surface area contributed by atoms with E-state index in [-0.39, 0.29) is 30.7 Å². The first-order valence-electron chi connectivity index (χ1n) is 9.67. The fourth-order valence-electron chi connectivity index (χ4n) is 3.31. The molecule has 1 N–H and O–H groups in total. The van der Waals surface area contributed by atoms with Gasteiger partial charge in [0, 0.05) is 30.1 Å². The van der Waals surface area contributed by atoms with E-state index in [1.807, 2.05) is 42.6 Å². The summed E-state index contributed by atoms with van der Waals surface area (Å²) < 4.78 is 21.7. The minimum Gasteiger partial charge on any atom is -0.485 e. The topological polar surface area (TPSA) is 68.5 Å². The standard InChI is InChI=1S/C23H21FN4O2.ClH/c1-3-25-23(29)19-11-10-16(13-26-19)21-15(2)27-22-20(9-6-12-28(21)22)30-14-17-7-4-5-8-18(17)24;/h4-13H,3,14H2,1-2H3,(H,25,29);1H. The third-order valence-corrected chi connectivity index (χ3v) is 4.74. The van der Waals surface area contributed by atoms with Crippen molar-refractivity contribution in [2.45, 2.75) is 20.5 Å². The minimum absolute atomic E-state index is 0. The maximum Gasteiger partial charge on any atom is 0.269 e.